The number of benzene rings is 1. The quantitative estimate of drug-likeness (QED) is 0.416. The lowest BCUT2D eigenvalue weighted by atomic mass is 10.2. The lowest BCUT2D eigenvalue weighted by Gasteiger charge is -2.15. The molecule has 1 unspecified atom stereocenters. The standard InChI is InChI=1S/C10H14ClN3O/c1-6-5-8(11)3-4-9(6)13-7(2)10(15)14-12/h3-5,7,13H,12H2,1-2H3,(H,14,15). The zero-order valence-electron chi connectivity index (χ0n) is 8.67. The van der Waals surface area contributed by atoms with Crippen LogP contribution in [0.4, 0.5) is 5.69 Å². The number of aryl methyl sites for hydroxylation is 1. The van der Waals surface area contributed by atoms with Crippen LogP contribution in [-0.2, 0) is 4.79 Å². The van der Waals surface area contributed by atoms with Gasteiger partial charge in [-0.05, 0) is 37.6 Å². The van der Waals surface area contributed by atoms with Gasteiger partial charge in [0.05, 0.1) is 0 Å². The molecule has 0 heterocycles. The molecule has 82 valence electrons. The summed E-state index contributed by atoms with van der Waals surface area (Å²) in [4.78, 5) is 11.2. The summed E-state index contributed by atoms with van der Waals surface area (Å²) >= 11 is 5.82. The van der Waals surface area contributed by atoms with E-state index in [9.17, 15) is 4.79 Å². The second-order valence-electron chi connectivity index (χ2n) is 3.33. The number of anilines is 1. The van der Waals surface area contributed by atoms with Gasteiger partial charge in [-0.3, -0.25) is 10.2 Å². The molecule has 0 aliphatic heterocycles. The van der Waals surface area contributed by atoms with Crippen LogP contribution in [0.2, 0.25) is 5.02 Å². The van der Waals surface area contributed by atoms with Crippen molar-refractivity contribution < 1.29 is 4.79 Å². The third kappa shape index (κ3) is 3.11. The molecule has 5 heteroatoms. The Hall–Kier alpha value is -1.26. The Morgan fingerprint density at radius 3 is 2.73 bits per heavy atom. The first kappa shape index (κ1) is 11.8. The van der Waals surface area contributed by atoms with Crippen molar-refractivity contribution in [3.05, 3.63) is 28.8 Å². The van der Waals surface area contributed by atoms with Crippen LogP contribution in [0.1, 0.15) is 12.5 Å². The molecular weight excluding hydrogens is 214 g/mol. The monoisotopic (exact) mass is 227 g/mol. The summed E-state index contributed by atoms with van der Waals surface area (Å²) < 4.78 is 0. The van der Waals surface area contributed by atoms with Gasteiger partial charge >= 0.3 is 0 Å². The number of carbonyl (C=O) groups is 1. The van der Waals surface area contributed by atoms with Crippen molar-refractivity contribution in [2.75, 3.05) is 5.32 Å². The van der Waals surface area contributed by atoms with Gasteiger partial charge in [0.2, 0.25) is 0 Å². The van der Waals surface area contributed by atoms with E-state index in [1.165, 1.54) is 0 Å². The summed E-state index contributed by atoms with van der Waals surface area (Å²) in [6, 6.07) is 5.05. The Balaban J connectivity index is 2.76. The highest BCUT2D eigenvalue weighted by molar-refractivity contribution is 6.30. The van der Waals surface area contributed by atoms with Crippen LogP contribution < -0.4 is 16.6 Å². The maximum Gasteiger partial charge on any atom is 0.256 e. The average molecular weight is 228 g/mol. The molecule has 0 aliphatic rings. The SMILES string of the molecule is Cc1cc(Cl)ccc1NC(C)C(=O)NN. The number of rotatable bonds is 3. The molecule has 0 aliphatic carbocycles. The molecule has 1 aromatic carbocycles. The predicted molar refractivity (Wildman–Crippen MR) is 61.6 cm³/mol. The summed E-state index contributed by atoms with van der Waals surface area (Å²) in [7, 11) is 0. The topological polar surface area (TPSA) is 67.2 Å². The van der Waals surface area contributed by atoms with Gasteiger partial charge < -0.3 is 5.32 Å². The number of amides is 1. The number of hydrogen-bond donors (Lipinski definition) is 3. The molecule has 15 heavy (non-hydrogen) atoms. The summed E-state index contributed by atoms with van der Waals surface area (Å²) in [5.74, 6) is 4.77. The summed E-state index contributed by atoms with van der Waals surface area (Å²) in [5.41, 5.74) is 3.94. The van der Waals surface area contributed by atoms with Crippen LogP contribution in [0, 0.1) is 6.92 Å². The van der Waals surface area contributed by atoms with Gasteiger partial charge in [-0.15, -0.1) is 0 Å². The Bertz CT molecular complexity index is 368. The second kappa shape index (κ2) is 5.00. The number of halogens is 1. The van der Waals surface area contributed by atoms with E-state index in [4.69, 9.17) is 17.4 Å². The highest BCUT2D eigenvalue weighted by Gasteiger charge is 2.11. The van der Waals surface area contributed by atoms with Gasteiger partial charge in [-0.25, -0.2) is 5.84 Å². The lowest BCUT2D eigenvalue weighted by molar-refractivity contribution is -0.121. The van der Waals surface area contributed by atoms with E-state index >= 15 is 0 Å². The largest absolute Gasteiger partial charge is 0.374 e. The summed E-state index contributed by atoms with van der Waals surface area (Å²) in [6.45, 7) is 3.65. The van der Waals surface area contributed by atoms with E-state index < -0.39 is 0 Å². The molecule has 0 radical (unpaired) electrons. The number of carbonyl (C=O) groups excluding carboxylic acids is 1. The van der Waals surface area contributed by atoms with Gasteiger partial charge in [0.15, 0.2) is 0 Å². The molecular formula is C10H14ClN3O. The number of hydrazine groups is 1. The highest BCUT2D eigenvalue weighted by atomic mass is 35.5. The fourth-order valence-electron chi connectivity index (χ4n) is 1.21. The molecule has 0 saturated heterocycles. The zero-order valence-corrected chi connectivity index (χ0v) is 9.43. The first-order chi connectivity index (χ1) is 7.04. The van der Waals surface area contributed by atoms with Gasteiger partial charge in [-0.1, -0.05) is 11.6 Å². The Morgan fingerprint density at radius 1 is 1.53 bits per heavy atom. The van der Waals surface area contributed by atoms with Crippen molar-refractivity contribution in [1.29, 1.82) is 0 Å². The van der Waals surface area contributed by atoms with Crippen LogP contribution in [0.25, 0.3) is 0 Å². The maximum absolute atomic E-state index is 11.2. The Kier molecular flexibility index (Phi) is 3.94. The molecule has 1 atom stereocenters. The van der Waals surface area contributed by atoms with Crippen LogP contribution in [-0.4, -0.2) is 11.9 Å². The van der Waals surface area contributed by atoms with E-state index in [0.29, 0.717) is 5.02 Å². The molecule has 1 aromatic rings. The van der Waals surface area contributed by atoms with E-state index in [0.717, 1.165) is 11.3 Å². The molecule has 4 nitrogen and oxygen atoms in total. The van der Waals surface area contributed by atoms with Gasteiger partial charge in [-0.2, -0.15) is 0 Å². The highest BCUT2D eigenvalue weighted by Crippen LogP contribution is 2.20. The van der Waals surface area contributed by atoms with Crippen molar-refractivity contribution in [3.8, 4) is 0 Å². The summed E-state index contributed by atoms with van der Waals surface area (Å²) in [6.07, 6.45) is 0. The molecule has 0 bridgehead atoms. The molecule has 4 N–H and O–H groups in total. The summed E-state index contributed by atoms with van der Waals surface area (Å²) in [5, 5.41) is 3.71. The average Bonchev–Trinajstić information content (AvgIpc) is 2.20. The Morgan fingerprint density at radius 2 is 2.20 bits per heavy atom. The molecule has 1 amide bonds. The van der Waals surface area contributed by atoms with Crippen LogP contribution in [0.5, 0.6) is 0 Å². The fourth-order valence-corrected chi connectivity index (χ4v) is 1.44. The van der Waals surface area contributed by atoms with Crippen LogP contribution in [0.3, 0.4) is 0 Å². The molecule has 0 aromatic heterocycles. The van der Waals surface area contributed by atoms with E-state index in [2.05, 4.69) is 10.7 Å². The smallest absolute Gasteiger partial charge is 0.256 e. The third-order valence-electron chi connectivity index (χ3n) is 2.10. The van der Waals surface area contributed by atoms with Gasteiger partial charge in [0.1, 0.15) is 6.04 Å². The van der Waals surface area contributed by atoms with Crippen LogP contribution >= 0.6 is 11.6 Å². The van der Waals surface area contributed by atoms with Crippen molar-refractivity contribution in [2.45, 2.75) is 19.9 Å². The maximum atomic E-state index is 11.2. The van der Waals surface area contributed by atoms with Crippen molar-refractivity contribution >= 4 is 23.2 Å². The predicted octanol–water partition coefficient (Wildman–Crippen LogP) is 1.44. The number of hydrogen-bond acceptors (Lipinski definition) is 3. The molecule has 0 spiro atoms. The van der Waals surface area contributed by atoms with Gasteiger partial charge in [0.25, 0.3) is 5.91 Å². The fraction of sp³-hybridized carbons (Fsp3) is 0.300. The lowest BCUT2D eigenvalue weighted by Crippen LogP contribution is -2.41. The van der Waals surface area contributed by atoms with Gasteiger partial charge in [0, 0.05) is 10.7 Å². The number of nitrogens with two attached hydrogens (primary N) is 1. The minimum atomic E-state index is -0.380. The van der Waals surface area contributed by atoms with E-state index in [-0.39, 0.29) is 11.9 Å². The minimum Gasteiger partial charge on any atom is -0.374 e. The van der Waals surface area contributed by atoms with Crippen molar-refractivity contribution in [3.63, 3.8) is 0 Å². The minimum absolute atomic E-state index is 0.260. The van der Waals surface area contributed by atoms with Crippen molar-refractivity contribution in [1.82, 2.24) is 5.43 Å². The van der Waals surface area contributed by atoms with Crippen molar-refractivity contribution in [2.24, 2.45) is 5.84 Å². The normalized spacial score (nSPS) is 12.0. The first-order valence-corrected chi connectivity index (χ1v) is 4.95. The van der Waals surface area contributed by atoms with E-state index in [1.54, 1.807) is 13.0 Å². The molecule has 0 fully saturated rings. The second-order valence-corrected chi connectivity index (χ2v) is 3.77. The zero-order chi connectivity index (χ0) is 11.4. The first-order valence-electron chi connectivity index (χ1n) is 4.57. The Labute approximate surface area is 93.8 Å². The number of nitrogens with one attached hydrogen (secondary N) is 2. The molecule has 1 rings (SSSR count). The third-order valence-corrected chi connectivity index (χ3v) is 2.33. The molecule has 0 saturated carbocycles. The van der Waals surface area contributed by atoms with Crippen LogP contribution in [0.15, 0.2) is 18.2 Å². The van der Waals surface area contributed by atoms with E-state index in [1.807, 2.05) is 19.1 Å².